The quantitative estimate of drug-likeness (QED) is 0.370. The highest BCUT2D eigenvalue weighted by Crippen LogP contribution is 2.44. The summed E-state index contributed by atoms with van der Waals surface area (Å²) in [5, 5.41) is 1.08. The molecule has 1 aromatic heterocycles. The lowest BCUT2D eigenvalue weighted by atomic mass is 9.85. The van der Waals surface area contributed by atoms with Gasteiger partial charge >= 0.3 is 0 Å². The molecule has 0 saturated heterocycles. The number of hydrogen-bond donors (Lipinski definition) is 0. The molecule has 0 amide bonds. The van der Waals surface area contributed by atoms with Crippen molar-refractivity contribution in [2.75, 3.05) is 27.7 Å². The lowest BCUT2D eigenvalue weighted by Gasteiger charge is -2.21. The Kier molecular flexibility index (Phi) is 7.09. The van der Waals surface area contributed by atoms with Crippen molar-refractivity contribution in [2.24, 2.45) is 0 Å². The van der Waals surface area contributed by atoms with Crippen LogP contribution in [-0.4, -0.2) is 38.4 Å². The van der Waals surface area contributed by atoms with Crippen molar-refractivity contribution in [3.05, 3.63) is 64.0 Å². The molecule has 1 heterocycles. The van der Waals surface area contributed by atoms with Crippen LogP contribution in [0.5, 0.6) is 5.75 Å². The Morgan fingerprint density at radius 1 is 1.06 bits per heavy atom. The van der Waals surface area contributed by atoms with Gasteiger partial charge in [0.1, 0.15) is 5.75 Å². The third-order valence-corrected chi connectivity index (χ3v) is 7.73. The van der Waals surface area contributed by atoms with Crippen LogP contribution < -0.4 is 4.74 Å². The molecule has 4 rings (SSSR count). The molecule has 31 heavy (non-hydrogen) atoms. The normalized spacial score (nSPS) is 15.0. The molecule has 1 saturated carbocycles. The Morgan fingerprint density at radius 3 is 2.48 bits per heavy atom. The van der Waals surface area contributed by atoms with Gasteiger partial charge in [0.25, 0.3) is 0 Å². The average Bonchev–Trinajstić information content (AvgIpc) is 3.18. The van der Waals surface area contributed by atoms with Crippen LogP contribution in [0.3, 0.4) is 0 Å². The second-order valence-corrected chi connectivity index (χ2v) is 10.1. The van der Waals surface area contributed by atoms with Crippen LogP contribution in [-0.2, 0) is 6.42 Å². The maximum absolute atomic E-state index is 13.7. The van der Waals surface area contributed by atoms with Crippen molar-refractivity contribution in [3.8, 4) is 5.75 Å². The van der Waals surface area contributed by atoms with Crippen LogP contribution in [0.4, 0.5) is 0 Å². The van der Waals surface area contributed by atoms with E-state index >= 15 is 0 Å². The highest BCUT2D eigenvalue weighted by atomic mass is 32.1. The highest BCUT2D eigenvalue weighted by molar-refractivity contribution is 7.19. The Bertz CT molecular complexity index is 1030. The first kappa shape index (κ1) is 22.0. The van der Waals surface area contributed by atoms with Crippen molar-refractivity contribution in [1.29, 1.82) is 0 Å². The molecule has 1 fully saturated rings. The van der Waals surface area contributed by atoms with E-state index < -0.39 is 0 Å². The van der Waals surface area contributed by atoms with Gasteiger partial charge in [0.15, 0.2) is 5.78 Å². The molecule has 0 radical (unpaired) electrons. The van der Waals surface area contributed by atoms with Crippen molar-refractivity contribution >= 4 is 27.2 Å². The first-order chi connectivity index (χ1) is 15.1. The minimum atomic E-state index is 0.164. The SMILES string of the molecule is COc1ccc2c(C(=O)c3ccc(CCCN(C)C)cc3)c(C3CCCCC3)sc2c1. The highest BCUT2D eigenvalue weighted by Gasteiger charge is 2.27. The van der Waals surface area contributed by atoms with Gasteiger partial charge < -0.3 is 9.64 Å². The molecule has 0 aliphatic heterocycles. The third-order valence-electron chi connectivity index (χ3n) is 6.41. The predicted molar refractivity (Wildman–Crippen MR) is 131 cm³/mol. The van der Waals surface area contributed by atoms with Gasteiger partial charge in [0.05, 0.1) is 7.11 Å². The molecule has 1 aliphatic rings. The summed E-state index contributed by atoms with van der Waals surface area (Å²) in [4.78, 5) is 17.2. The van der Waals surface area contributed by atoms with E-state index in [2.05, 4.69) is 43.3 Å². The first-order valence-corrected chi connectivity index (χ1v) is 12.3. The molecule has 2 aromatic carbocycles. The maximum Gasteiger partial charge on any atom is 0.194 e. The lowest BCUT2D eigenvalue weighted by Crippen LogP contribution is -2.13. The van der Waals surface area contributed by atoms with E-state index in [1.807, 2.05) is 18.2 Å². The molecule has 4 heteroatoms. The van der Waals surface area contributed by atoms with Gasteiger partial charge in [0.2, 0.25) is 0 Å². The summed E-state index contributed by atoms with van der Waals surface area (Å²) in [5.41, 5.74) is 3.02. The summed E-state index contributed by atoms with van der Waals surface area (Å²) in [7, 11) is 5.90. The van der Waals surface area contributed by atoms with Crippen molar-refractivity contribution in [2.45, 2.75) is 50.9 Å². The van der Waals surface area contributed by atoms with E-state index in [1.165, 1.54) is 42.5 Å². The van der Waals surface area contributed by atoms with Crippen molar-refractivity contribution in [3.63, 3.8) is 0 Å². The average molecular weight is 436 g/mol. The second kappa shape index (κ2) is 9.97. The molecule has 164 valence electrons. The molecule has 0 unspecified atom stereocenters. The van der Waals surface area contributed by atoms with Crippen LogP contribution in [0.15, 0.2) is 42.5 Å². The number of carbonyl (C=O) groups is 1. The van der Waals surface area contributed by atoms with Gasteiger partial charge in [-0.2, -0.15) is 0 Å². The fourth-order valence-electron chi connectivity index (χ4n) is 4.68. The Hall–Kier alpha value is -2.17. The van der Waals surface area contributed by atoms with Gasteiger partial charge in [-0.05, 0) is 76.0 Å². The summed E-state index contributed by atoms with van der Waals surface area (Å²) in [6.45, 7) is 1.08. The number of ketones is 1. The van der Waals surface area contributed by atoms with Gasteiger partial charge in [0, 0.05) is 26.1 Å². The van der Waals surface area contributed by atoms with Gasteiger partial charge in [-0.3, -0.25) is 4.79 Å². The number of ether oxygens (including phenoxy) is 1. The summed E-state index contributed by atoms with van der Waals surface area (Å²) >= 11 is 1.79. The number of fused-ring (bicyclic) bond motifs is 1. The van der Waals surface area contributed by atoms with E-state index in [9.17, 15) is 4.79 Å². The molecule has 1 aliphatic carbocycles. The third kappa shape index (κ3) is 5.02. The van der Waals surface area contributed by atoms with Crippen LogP contribution >= 0.6 is 11.3 Å². The molecular formula is C27H33NO2S. The second-order valence-electron chi connectivity index (χ2n) is 8.97. The van der Waals surface area contributed by atoms with E-state index in [1.54, 1.807) is 18.4 Å². The summed E-state index contributed by atoms with van der Waals surface area (Å²) in [5.74, 6) is 1.52. The number of carbonyl (C=O) groups excluding carboxylic acids is 1. The molecule has 0 atom stereocenters. The van der Waals surface area contributed by atoms with Crippen LogP contribution in [0.1, 0.15) is 70.8 Å². The standard InChI is InChI=1S/C27H33NO2S/c1-28(2)17-7-8-19-11-13-20(14-12-19)26(29)25-23-16-15-22(30-3)18-24(23)31-27(25)21-9-5-4-6-10-21/h11-16,18,21H,4-10,17H2,1-3H3. The Balaban J connectivity index is 1.66. The van der Waals surface area contributed by atoms with Gasteiger partial charge in [-0.25, -0.2) is 0 Å². The first-order valence-electron chi connectivity index (χ1n) is 11.5. The van der Waals surface area contributed by atoms with Crippen molar-refractivity contribution in [1.82, 2.24) is 4.90 Å². The van der Waals surface area contributed by atoms with Crippen LogP contribution in [0.25, 0.3) is 10.1 Å². The number of methoxy groups -OCH3 is 1. The van der Waals surface area contributed by atoms with Gasteiger partial charge in [-0.15, -0.1) is 11.3 Å². The fraction of sp³-hybridized carbons (Fsp3) is 0.444. The topological polar surface area (TPSA) is 29.5 Å². The van der Waals surface area contributed by atoms with E-state index in [0.717, 1.165) is 46.3 Å². The summed E-state index contributed by atoms with van der Waals surface area (Å²) < 4.78 is 6.60. The molecule has 0 N–H and O–H groups in total. The zero-order valence-corrected chi connectivity index (χ0v) is 19.8. The Morgan fingerprint density at radius 2 is 1.81 bits per heavy atom. The molecular weight excluding hydrogens is 402 g/mol. The minimum Gasteiger partial charge on any atom is -0.497 e. The number of aryl methyl sites for hydroxylation is 1. The van der Waals surface area contributed by atoms with E-state index in [4.69, 9.17) is 4.74 Å². The predicted octanol–water partition coefficient (Wildman–Crippen LogP) is 6.68. The largest absolute Gasteiger partial charge is 0.497 e. The minimum absolute atomic E-state index is 0.164. The number of benzene rings is 2. The molecule has 3 aromatic rings. The van der Waals surface area contributed by atoms with E-state index in [-0.39, 0.29) is 5.78 Å². The summed E-state index contributed by atoms with van der Waals surface area (Å²) in [6.07, 6.45) is 8.39. The Labute approximate surface area is 190 Å². The lowest BCUT2D eigenvalue weighted by molar-refractivity contribution is 0.103. The zero-order chi connectivity index (χ0) is 21.8. The number of nitrogens with zero attached hydrogens (tertiary/aromatic N) is 1. The molecule has 0 bridgehead atoms. The van der Waals surface area contributed by atoms with Gasteiger partial charge in [-0.1, -0.05) is 43.5 Å². The molecule has 0 spiro atoms. The van der Waals surface area contributed by atoms with Crippen LogP contribution in [0.2, 0.25) is 0 Å². The smallest absolute Gasteiger partial charge is 0.194 e. The maximum atomic E-state index is 13.7. The zero-order valence-electron chi connectivity index (χ0n) is 18.9. The molecule has 3 nitrogen and oxygen atoms in total. The number of thiophene rings is 1. The summed E-state index contributed by atoms with van der Waals surface area (Å²) in [6, 6.07) is 14.4. The van der Waals surface area contributed by atoms with Crippen molar-refractivity contribution < 1.29 is 9.53 Å². The number of rotatable bonds is 8. The van der Waals surface area contributed by atoms with E-state index in [0.29, 0.717) is 5.92 Å². The fourth-order valence-corrected chi connectivity index (χ4v) is 6.07. The monoisotopic (exact) mass is 435 g/mol. The van der Waals surface area contributed by atoms with Crippen LogP contribution in [0, 0.1) is 0 Å². The number of hydrogen-bond acceptors (Lipinski definition) is 4.